The fourth-order valence-corrected chi connectivity index (χ4v) is 3.45. The number of nitrogens with zero attached hydrogens (tertiary/aromatic N) is 3. The Morgan fingerprint density at radius 3 is 2.68 bits per heavy atom. The number of carboxylic acids is 1. The Bertz CT molecular complexity index is 1250. The molecule has 1 aliphatic rings. The summed E-state index contributed by atoms with van der Waals surface area (Å²) >= 11 is 0. The third-order valence-electron chi connectivity index (χ3n) is 5.43. The van der Waals surface area contributed by atoms with Crippen LogP contribution in [0.15, 0.2) is 36.7 Å². The highest BCUT2D eigenvalue weighted by Gasteiger charge is 2.23. The lowest BCUT2D eigenvalue weighted by molar-refractivity contribution is -0.137. The minimum atomic E-state index is -0.819. The second kappa shape index (κ2) is 10.4. The number of aromatic nitrogens is 3. The lowest BCUT2D eigenvalue weighted by atomic mass is 10.1. The van der Waals surface area contributed by atoms with Crippen LogP contribution in [0, 0.1) is 17.8 Å². The first-order valence-electron chi connectivity index (χ1n) is 11.6. The van der Waals surface area contributed by atoms with Crippen molar-refractivity contribution in [2.24, 2.45) is 5.92 Å². The zero-order valence-electron chi connectivity index (χ0n) is 19.5. The van der Waals surface area contributed by atoms with Crippen molar-refractivity contribution >= 4 is 23.3 Å². The van der Waals surface area contributed by atoms with Gasteiger partial charge in [-0.1, -0.05) is 31.9 Å². The zero-order valence-corrected chi connectivity index (χ0v) is 19.5. The summed E-state index contributed by atoms with van der Waals surface area (Å²) in [5, 5.41) is 15.2. The molecule has 1 fully saturated rings. The van der Waals surface area contributed by atoms with Gasteiger partial charge in [-0.3, -0.25) is 14.0 Å². The van der Waals surface area contributed by atoms with E-state index in [2.05, 4.69) is 46.3 Å². The molecule has 3 aromatic rings. The van der Waals surface area contributed by atoms with E-state index in [1.165, 1.54) is 0 Å². The Balaban J connectivity index is 1.63. The maximum atomic E-state index is 12.3. The van der Waals surface area contributed by atoms with Crippen LogP contribution in [0.2, 0.25) is 0 Å². The van der Waals surface area contributed by atoms with Crippen LogP contribution >= 0.6 is 0 Å². The summed E-state index contributed by atoms with van der Waals surface area (Å²) in [5.74, 6) is 6.30. The lowest BCUT2D eigenvalue weighted by Gasteiger charge is -2.11. The molecule has 0 aliphatic heterocycles. The quantitative estimate of drug-likeness (QED) is 0.330. The molecule has 0 unspecified atom stereocenters. The van der Waals surface area contributed by atoms with Crippen molar-refractivity contribution < 1.29 is 14.7 Å². The van der Waals surface area contributed by atoms with Crippen LogP contribution in [-0.2, 0) is 4.79 Å². The van der Waals surface area contributed by atoms with Gasteiger partial charge in [0.2, 0.25) is 0 Å². The highest BCUT2D eigenvalue weighted by atomic mass is 16.4. The average Bonchev–Trinajstić information content (AvgIpc) is 3.52. The summed E-state index contributed by atoms with van der Waals surface area (Å²) in [7, 11) is 0. The van der Waals surface area contributed by atoms with E-state index in [9.17, 15) is 9.59 Å². The summed E-state index contributed by atoms with van der Waals surface area (Å²) in [4.78, 5) is 32.3. The maximum absolute atomic E-state index is 12.3. The summed E-state index contributed by atoms with van der Waals surface area (Å²) in [6.07, 6.45) is 6.83. The number of unbranched alkanes of at least 4 members (excludes halogenated alkanes) is 1. The third-order valence-corrected chi connectivity index (χ3v) is 5.43. The van der Waals surface area contributed by atoms with Crippen molar-refractivity contribution in [3.63, 3.8) is 0 Å². The molecule has 4 rings (SSSR count). The first-order chi connectivity index (χ1) is 16.4. The minimum Gasteiger partial charge on any atom is -0.481 e. The van der Waals surface area contributed by atoms with Crippen molar-refractivity contribution in [2.75, 3.05) is 11.9 Å². The third kappa shape index (κ3) is 5.93. The number of carbonyl (C=O) groups is 2. The van der Waals surface area contributed by atoms with Crippen LogP contribution in [0.25, 0.3) is 16.9 Å². The van der Waals surface area contributed by atoms with E-state index >= 15 is 0 Å². The normalized spacial score (nSPS) is 12.9. The molecule has 1 saturated carbocycles. The van der Waals surface area contributed by atoms with Gasteiger partial charge in [0, 0.05) is 42.8 Å². The van der Waals surface area contributed by atoms with E-state index in [-0.39, 0.29) is 12.3 Å². The zero-order chi connectivity index (χ0) is 24.1. The highest BCUT2D eigenvalue weighted by molar-refractivity contribution is 5.95. The molecule has 2 heterocycles. The van der Waals surface area contributed by atoms with E-state index < -0.39 is 5.97 Å². The molecule has 2 aromatic heterocycles. The van der Waals surface area contributed by atoms with Crippen LogP contribution in [-0.4, -0.2) is 43.9 Å². The number of benzene rings is 1. The molecule has 8 nitrogen and oxygen atoms in total. The molecule has 0 saturated heterocycles. The number of carboxylic acid groups (broad SMARTS) is 1. The number of hydrogen-bond acceptors (Lipinski definition) is 5. The molecule has 1 aromatic carbocycles. The second-order valence-corrected chi connectivity index (χ2v) is 8.96. The monoisotopic (exact) mass is 459 g/mol. The molecule has 1 amide bonds. The Morgan fingerprint density at radius 2 is 2.00 bits per heavy atom. The van der Waals surface area contributed by atoms with Crippen molar-refractivity contribution in [2.45, 2.75) is 52.0 Å². The number of fused-ring (bicyclic) bond motifs is 1. The Kier molecular flexibility index (Phi) is 7.12. The van der Waals surface area contributed by atoms with Crippen LogP contribution in [0.5, 0.6) is 0 Å². The number of anilines is 1. The van der Waals surface area contributed by atoms with Gasteiger partial charge < -0.3 is 15.7 Å². The van der Waals surface area contributed by atoms with Crippen LogP contribution < -0.4 is 10.6 Å². The fraction of sp³-hybridized carbons (Fsp3) is 0.385. The molecule has 3 N–H and O–H groups in total. The Labute approximate surface area is 198 Å². The molecular weight excluding hydrogens is 430 g/mol. The maximum Gasteiger partial charge on any atom is 0.303 e. The molecule has 0 radical (unpaired) electrons. The Morgan fingerprint density at radius 1 is 1.24 bits per heavy atom. The van der Waals surface area contributed by atoms with Crippen molar-refractivity contribution in [3.05, 3.63) is 47.9 Å². The van der Waals surface area contributed by atoms with Gasteiger partial charge in [0.25, 0.3) is 5.91 Å². The Hall–Kier alpha value is -3.86. The number of rotatable bonds is 9. The number of hydrogen-bond donors (Lipinski definition) is 3. The van der Waals surface area contributed by atoms with E-state index in [1.807, 2.05) is 34.9 Å². The summed E-state index contributed by atoms with van der Waals surface area (Å²) in [6.45, 7) is 4.98. The second-order valence-electron chi connectivity index (χ2n) is 8.96. The number of carbonyl (C=O) groups excluding carboxylic acids is 1. The number of nitrogens with one attached hydrogen (secondary N) is 2. The molecule has 0 bridgehead atoms. The predicted octanol–water partition coefficient (Wildman–Crippen LogP) is 3.96. The minimum absolute atomic E-state index is 0.0444. The average molecular weight is 460 g/mol. The lowest BCUT2D eigenvalue weighted by Crippen LogP contribution is -2.25. The largest absolute Gasteiger partial charge is 0.481 e. The SMILES string of the molecule is CC(C)CNc1nc(C#CCCCC(=O)O)cn2c(-c3ccc(C(=O)NC4CC4)cc3)cnc12. The van der Waals surface area contributed by atoms with Crippen LogP contribution in [0.3, 0.4) is 0 Å². The van der Waals surface area contributed by atoms with Gasteiger partial charge in [-0.25, -0.2) is 9.97 Å². The van der Waals surface area contributed by atoms with Gasteiger partial charge in [0.1, 0.15) is 5.69 Å². The standard InChI is InChI=1S/C26H29N5O3/c1-17(2)14-27-24-25-28-15-22(18-8-10-19(11-9-18)26(34)30-20-12-13-20)31(25)16-21(29-24)6-4-3-5-7-23(32)33/h8-11,15-17,20H,3,5,7,12-14H2,1-2H3,(H,27,29)(H,30,34)(H,32,33). The van der Waals surface area contributed by atoms with Crippen molar-refractivity contribution in [1.29, 1.82) is 0 Å². The van der Waals surface area contributed by atoms with Crippen LogP contribution in [0.1, 0.15) is 62.0 Å². The predicted molar refractivity (Wildman–Crippen MR) is 131 cm³/mol. The smallest absolute Gasteiger partial charge is 0.303 e. The van der Waals surface area contributed by atoms with E-state index in [1.54, 1.807) is 6.20 Å². The summed E-state index contributed by atoms with van der Waals surface area (Å²) < 4.78 is 1.95. The number of aliphatic carboxylic acids is 1. The molecule has 1 aliphatic carbocycles. The van der Waals surface area contributed by atoms with E-state index in [0.29, 0.717) is 47.5 Å². The highest BCUT2D eigenvalue weighted by Crippen LogP contribution is 2.25. The fourth-order valence-electron chi connectivity index (χ4n) is 3.45. The molecular formula is C26H29N5O3. The van der Waals surface area contributed by atoms with E-state index in [4.69, 9.17) is 5.11 Å². The first-order valence-corrected chi connectivity index (χ1v) is 11.6. The molecule has 8 heteroatoms. The van der Waals surface area contributed by atoms with Gasteiger partial charge in [-0.05, 0) is 43.2 Å². The summed E-state index contributed by atoms with van der Waals surface area (Å²) in [5.41, 5.74) is 3.71. The van der Waals surface area contributed by atoms with Gasteiger partial charge in [-0.15, -0.1) is 0 Å². The topological polar surface area (TPSA) is 109 Å². The van der Waals surface area contributed by atoms with Gasteiger partial charge in [0.15, 0.2) is 11.5 Å². The number of imidazole rings is 1. The van der Waals surface area contributed by atoms with Crippen molar-refractivity contribution in [3.8, 4) is 23.1 Å². The van der Waals surface area contributed by atoms with E-state index in [0.717, 1.165) is 30.6 Å². The number of amides is 1. The van der Waals surface area contributed by atoms with Crippen molar-refractivity contribution in [1.82, 2.24) is 19.7 Å². The molecule has 0 spiro atoms. The molecule has 176 valence electrons. The first kappa shape index (κ1) is 23.3. The van der Waals surface area contributed by atoms with Crippen LogP contribution in [0.4, 0.5) is 5.82 Å². The molecule has 0 atom stereocenters. The molecule has 34 heavy (non-hydrogen) atoms. The van der Waals surface area contributed by atoms with Gasteiger partial charge in [0.05, 0.1) is 11.9 Å². The van der Waals surface area contributed by atoms with Gasteiger partial charge in [-0.2, -0.15) is 0 Å². The summed E-state index contributed by atoms with van der Waals surface area (Å²) in [6, 6.07) is 7.82. The van der Waals surface area contributed by atoms with Gasteiger partial charge >= 0.3 is 5.97 Å².